The summed E-state index contributed by atoms with van der Waals surface area (Å²) in [5.74, 6) is -0.522. The van der Waals surface area contributed by atoms with Crippen molar-refractivity contribution in [2.24, 2.45) is 0 Å². The van der Waals surface area contributed by atoms with E-state index in [9.17, 15) is 14.7 Å². The molecule has 0 bridgehead atoms. The number of hydrogen-bond donors (Lipinski definition) is 4. The molecule has 0 saturated carbocycles. The number of carbonyl (C=O) groups is 2. The number of anilines is 1. The molecule has 8 nitrogen and oxygen atoms in total. The Bertz CT molecular complexity index is 1420. The summed E-state index contributed by atoms with van der Waals surface area (Å²) in [7, 11) is 0. The Kier molecular flexibility index (Phi) is 8.40. The van der Waals surface area contributed by atoms with Crippen LogP contribution in [-0.2, 0) is 9.53 Å². The van der Waals surface area contributed by atoms with Gasteiger partial charge in [-0.25, -0.2) is 10.3 Å². The normalized spacial score (nSPS) is 12.6. The zero-order valence-corrected chi connectivity index (χ0v) is 21.0. The molecule has 188 valence electrons. The van der Waals surface area contributed by atoms with Crippen LogP contribution in [0, 0.1) is 0 Å². The number of fused-ring (bicyclic) bond motifs is 1. The van der Waals surface area contributed by atoms with Crippen molar-refractivity contribution >= 4 is 44.4 Å². The maximum absolute atomic E-state index is 13.2. The number of carbonyl (C=O) groups excluding carboxylic acids is 2. The van der Waals surface area contributed by atoms with E-state index in [0.29, 0.717) is 15.9 Å². The number of aromatic hydroxyl groups is 1. The van der Waals surface area contributed by atoms with Crippen LogP contribution >= 0.6 is 15.9 Å². The molecule has 4 rings (SSSR count). The zero-order chi connectivity index (χ0) is 26.2. The van der Waals surface area contributed by atoms with E-state index in [-0.39, 0.29) is 11.3 Å². The van der Waals surface area contributed by atoms with Crippen molar-refractivity contribution in [3.63, 3.8) is 0 Å². The molecular formula is C28H23BrN2O6. The number of halogens is 1. The first-order chi connectivity index (χ1) is 17.9. The number of ether oxygens (including phenoxy) is 2. The fraction of sp³-hybridized carbons (Fsp3) is 0.0714. The summed E-state index contributed by atoms with van der Waals surface area (Å²) < 4.78 is 12.5. The molecule has 0 aliphatic rings. The van der Waals surface area contributed by atoms with E-state index in [2.05, 4.69) is 21.2 Å². The summed E-state index contributed by atoms with van der Waals surface area (Å²) in [6.07, 6.45) is -0.702. The van der Waals surface area contributed by atoms with Gasteiger partial charge in [0.05, 0.1) is 5.69 Å². The Morgan fingerprint density at radius 1 is 0.919 bits per heavy atom. The Morgan fingerprint density at radius 3 is 2.43 bits per heavy atom. The van der Waals surface area contributed by atoms with Gasteiger partial charge in [0.1, 0.15) is 11.5 Å². The fourth-order valence-corrected chi connectivity index (χ4v) is 4.11. The lowest BCUT2D eigenvalue weighted by Crippen LogP contribution is -2.30. The van der Waals surface area contributed by atoms with Gasteiger partial charge in [0.15, 0.2) is 12.2 Å². The lowest BCUT2D eigenvalue weighted by molar-refractivity contribution is -0.124. The predicted molar refractivity (Wildman–Crippen MR) is 143 cm³/mol. The first-order valence-electron chi connectivity index (χ1n) is 11.2. The minimum atomic E-state index is -1.20. The standard InChI is InChI=1S/C28H23BrN2O6/c29-19-13-14-24(32)22(17-19)27(25(15-16-26(33)31-35)36-20-9-2-1-3-10-20)37-28(34)30-23-12-6-8-18-7-4-5-11-21(18)23/h1-17,25,27,32,35H,(H,30,34)(H,31,33)/b16-15+/t25-,27-/m1/s1. The van der Waals surface area contributed by atoms with E-state index in [1.54, 1.807) is 42.5 Å². The summed E-state index contributed by atoms with van der Waals surface area (Å²) in [5, 5.41) is 24.1. The van der Waals surface area contributed by atoms with Gasteiger partial charge in [0.25, 0.3) is 5.91 Å². The molecule has 4 aromatic rings. The van der Waals surface area contributed by atoms with Crippen molar-refractivity contribution in [3.8, 4) is 11.5 Å². The van der Waals surface area contributed by atoms with E-state index >= 15 is 0 Å². The molecule has 0 spiro atoms. The van der Waals surface area contributed by atoms with E-state index in [1.165, 1.54) is 17.6 Å². The van der Waals surface area contributed by atoms with Crippen molar-refractivity contribution in [3.05, 3.63) is 113 Å². The van der Waals surface area contributed by atoms with Crippen LogP contribution in [0.1, 0.15) is 11.7 Å². The third-order valence-electron chi connectivity index (χ3n) is 5.42. The van der Waals surface area contributed by atoms with Gasteiger partial charge in [0.2, 0.25) is 0 Å². The Hall–Kier alpha value is -4.34. The van der Waals surface area contributed by atoms with Crippen LogP contribution in [0.25, 0.3) is 10.8 Å². The van der Waals surface area contributed by atoms with E-state index in [0.717, 1.165) is 16.8 Å². The lowest BCUT2D eigenvalue weighted by Gasteiger charge is -2.27. The minimum absolute atomic E-state index is 0.146. The minimum Gasteiger partial charge on any atom is -0.508 e. The highest BCUT2D eigenvalue weighted by atomic mass is 79.9. The molecular weight excluding hydrogens is 540 g/mol. The monoisotopic (exact) mass is 562 g/mol. The summed E-state index contributed by atoms with van der Waals surface area (Å²) in [6, 6.07) is 26.4. The first kappa shape index (κ1) is 25.7. The molecule has 2 atom stereocenters. The van der Waals surface area contributed by atoms with Gasteiger partial charge in [-0.1, -0.05) is 70.5 Å². The number of rotatable bonds is 8. The second kappa shape index (κ2) is 12.1. The molecule has 2 amide bonds. The molecule has 4 aromatic carbocycles. The lowest BCUT2D eigenvalue weighted by atomic mass is 10.0. The highest BCUT2D eigenvalue weighted by Crippen LogP contribution is 2.35. The molecule has 0 fully saturated rings. The number of phenols is 1. The molecule has 0 aliphatic carbocycles. The highest BCUT2D eigenvalue weighted by Gasteiger charge is 2.30. The maximum atomic E-state index is 13.2. The number of phenolic OH excluding ortho intramolecular Hbond substituents is 1. The average Bonchev–Trinajstić information content (AvgIpc) is 2.92. The number of hydroxylamine groups is 1. The molecule has 0 unspecified atom stereocenters. The van der Waals surface area contributed by atoms with Crippen molar-refractivity contribution in [2.75, 3.05) is 5.32 Å². The highest BCUT2D eigenvalue weighted by molar-refractivity contribution is 9.10. The van der Waals surface area contributed by atoms with Crippen LogP contribution in [-0.4, -0.2) is 28.4 Å². The Labute approximate surface area is 221 Å². The Morgan fingerprint density at radius 2 is 1.65 bits per heavy atom. The van der Waals surface area contributed by atoms with Crippen molar-refractivity contribution in [1.29, 1.82) is 0 Å². The second-order valence-corrected chi connectivity index (χ2v) is 8.83. The molecule has 9 heteroatoms. The quantitative estimate of drug-likeness (QED) is 0.117. The Balaban J connectivity index is 1.71. The van der Waals surface area contributed by atoms with Crippen LogP contribution in [0.15, 0.2) is 108 Å². The van der Waals surface area contributed by atoms with Gasteiger partial charge >= 0.3 is 6.09 Å². The van der Waals surface area contributed by atoms with Crippen LogP contribution in [0.5, 0.6) is 11.5 Å². The van der Waals surface area contributed by atoms with Crippen molar-refractivity contribution < 1.29 is 29.4 Å². The summed E-state index contributed by atoms with van der Waals surface area (Å²) in [4.78, 5) is 24.9. The van der Waals surface area contributed by atoms with Crippen molar-refractivity contribution in [1.82, 2.24) is 5.48 Å². The van der Waals surface area contributed by atoms with Gasteiger partial charge in [-0.2, -0.15) is 0 Å². The molecule has 37 heavy (non-hydrogen) atoms. The predicted octanol–water partition coefficient (Wildman–Crippen LogP) is 6.11. The molecule has 0 radical (unpaired) electrons. The first-order valence-corrected chi connectivity index (χ1v) is 12.0. The molecule has 0 aromatic heterocycles. The van der Waals surface area contributed by atoms with Gasteiger partial charge < -0.3 is 14.6 Å². The molecule has 0 saturated heterocycles. The van der Waals surface area contributed by atoms with Gasteiger partial charge in [-0.15, -0.1) is 0 Å². The SMILES string of the molecule is O=C(/C=C/[C@@H](Oc1ccccc1)[C@H](OC(=O)Nc1cccc2ccccc12)c1cc(Br)ccc1O)NO. The van der Waals surface area contributed by atoms with E-state index < -0.39 is 24.2 Å². The zero-order valence-electron chi connectivity index (χ0n) is 19.4. The largest absolute Gasteiger partial charge is 0.508 e. The molecule has 0 heterocycles. The summed E-state index contributed by atoms with van der Waals surface area (Å²) in [5.41, 5.74) is 2.29. The second-order valence-electron chi connectivity index (χ2n) is 7.91. The van der Waals surface area contributed by atoms with Gasteiger partial charge in [-0.05, 0) is 47.9 Å². The number of hydrogen-bond acceptors (Lipinski definition) is 6. The topological polar surface area (TPSA) is 117 Å². The summed E-state index contributed by atoms with van der Waals surface area (Å²) in [6.45, 7) is 0. The van der Waals surface area contributed by atoms with Gasteiger partial charge in [0, 0.05) is 21.5 Å². The van der Waals surface area contributed by atoms with Crippen LogP contribution in [0.3, 0.4) is 0 Å². The third-order valence-corrected chi connectivity index (χ3v) is 5.91. The smallest absolute Gasteiger partial charge is 0.412 e. The number of benzene rings is 4. The van der Waals surface area contributed by atoms with E-state index in [4.69, 9.17) is 14.7 Å². The fourth-order valence-electron chi connectivity index (χ4n) is 3.73. The summed E-state index contributed by atoms with van der Waals surface area (Å²) >= 11 is 3.38. The van der Waals surface area contributed by atoms with Crippen molar-refractivity contribution in [2.45, 2.75) is 12.2 Å². The average molecular weight is 563 g/mol. The number of nitrogens with one attached hydrogen (secondary N) is 2. The van der Waals surface area contributed by atoms with Crippen LogP contribution in [0.4, 0.5) is 10.5 Å². The maximum Gasteiger partial charge on any atom is 0.412 e. The van der Waals surface area contributed by atoms with Crippen LogP contribution in [0.2, 0.25) is 0 Å². The number of para-hydroxylation sites is 1. The molecule has 0 aliphatic heterocycles. The van der Waals surface area contributed by atoms with Crippen LogP contribution < -0.4 is 15.5 Å². The molecule has 4 N–H and O–H groups in total. The number of amides is 2. The van der Waals surface area contributed by atoms with E-state index in [1.807, 2.05) is 42.5 Å². The third kappa shape index (κ3) is 6.66. The van der Waals surface area contributed by atoms with Gasteiger partial charge in [-0.3, -0.25) is 15.3 Å².